The molecule has 4 rings (SSSR count). The number of benzene rings is 2. The fourth-order valence-electron chi connectivity index (χ4n) is 2.79. The highest BCUT2D eigenvalue weighted by molar-refractivity contribution is 6.15. The van der Waals surface area contributed by atoms with E-state index in [9.17, 15) is 14.9 Å². The zero-order valence-corrected chi connectivity index (χ0v) is 11.0. The molecule has 0 bridgehead atoms. The summed E-state index contributed by atoms with van der Waals surface area (Å²) < 4.78 is 1.46. The molecule has 2 heterocycles. The van der Waals surface area contributed by atoms with Crippen molar-refractivity contribution >= 4 is 22.6 Å². The van der Waals surface area contributed by atoms with Gasteiger partial charge in [0.05, 0.1) is 16.0 Å². The Bertz CT molecular complexity index is 956. The Hall–Kier alpha value is -3.02. The first-order valence-corrected chi connectivity index (χ1v) is 6.39. The molecule has 6 nitrogen and oxygen atoms in total. The fourth-order valence-corrected chi connectivity index (χ4v) is 2.79. The lowest BCUT2D eigenvalue weighted by molar-refractivity contribution is -0.385. The Balaban J connectivity index is 2.11. The van der Waals surface area contributed by atoms with Gasteiger partial charge < -0.3 is 0 Å². The molecule has 0 saturated heterocycles. The van der Waals surface area contributed by atoms with E-state index in [0.29, 0.717) is 22.4 Å². The monoisotopic (exact) mass is 279 g/mol. The molecule has 3 aromatic rings. The van der Waals surface area contributed by atoms with Crippen LogP contribution in [0, 0.1) is 17.0 Å². The summed E-state index contributed by atoms with van der Waals surface area (Å²) in [5.41, 5.74) is 2.85. The van der Waals surface area contributed by atoms with Gasteiger partial charge in [-0.1, -0.05) is 12.1 Å². The van der Waals surface area contributed by atoms with E-state index in [1.807, 2.05) is 25.1 Å². The summed E-state index contributed by atoms with van der Waals surface area (Å²) in [5, 5.41) is 11.1. The van der Waals surface area contributed by atoms with Crippen LogP contribution in [0.5, 0.6) is 0 Å². The Morgan fingerprint density at radius 3 is 2.81 bits per heavy atom. The number of hydrogen-bond acceptors (Lipinski definition) is 4. The van der Waals surface area contributed by atoms with Gasteiger partial charge in [0.2, 0.25) is 0 Å². The molecular formula is C15H9N3O3. The van der Waals surface area contributed by atoms with Crippen molar-refractivity contribution < 1.29 is 9.72 Å². The van der Waals surface area contributed by atoms with E-state index < -0.39 is 4.92 Å². The van der Waals surface area contributed by atoms with Gasteiger partial charge in [-0.15, -0.1) is 0 Å². The highest BCUT2D eigenvalue weighted by Crippen LogP contribution is 2.38. The van der Waals surface area contributed by atoms with Crippen LogP contribution in [0.4, 0.5) is 5.69 Å². The maximum absolute atomic E-state index is 12.6. The first-order valence-electron chi connectivity index (χ1n) is 6.39. The van der Waals surface area contributed by atoms with E-state index in [1.165, 1.54) is 10.6 Å². The molecule has 0 spiro atoms. The molecule has 0 N–H and O–H groups in total. The molecule has 0 unspecified atom stereocenters. The third-order valence-electron chi connectivity index (χ3n) is 3.71. The van der Waals surface area contributed by atoms with Gasteiger partial charge in [-0.05, 0) is 30.7 Å². The van der Waals surface area contributed by atoms with Crippen molar-refractivity contribution in [2.45, 2.75) is 6.92 Å². The number of fused-ring (bicyclic) bond motifs is 5. The number of aryl methyl sites for hydroxylation is 1. The van der Waals surface area contributed by atoms with E-state index in [-0.39, 0.29) is 17.2 Å². The van der Waals surface area contributed by atoms with Crippen LogP contribution >= 0.6 is 0 Å². The Kier molecular flexibility index (Phi) is 2.11. The second-order valence-electron chi connectivity index (χ2n) is 5.02. The van der Waals surface area contributed by atoms with Gasteiger partial charge in [-0.25, -0.2) is 4.98 Å². The Labute approximate surface area is 118 Å². The highest BCUT2D eigenvalue weighted by atomic mass is 16.6. The summed E-state index contributed by atoms with van der Waals surface area (Å²) in [5.74, 6) is 0.0831. The van der Waals surface area contributed by atoms with E-state index in [1.54, 1.807) is 12.1 Å². The predicted molar refractivity (Wildman–Crippen MR) is 76.3 cm³/mol. The molecule has 0 atom stereocenters. The normalized spacial score (nSPS) is 12.5. The predicted octanol–water partition coefficient (Wildman–Crippen LogP) is 2.92. The number of imidazole rings is 1. The van der Waals surface area contributed by atoms with Crippen LogP contribution in [0.3, 0.4) is 0 Å². The van der Waals surface area contributed by atoms with Crippen LogP contribution in [0.15, 0.2) is 36.4 Å². The van der Waals surface area contributed by atoms with E-state index in [0.717, 1.165) is 5.56 Å². The average Bonchev–Trinajstić information content (AvgIpc) is 2.95. The lowest BCUT2D eigenvalue weighted by atomic mass is 10.1. The molecule has 0 saturated carbocycles. The quantitative estimate of drug-likeness (QED) is 0.396. The summed E-state index contributed by atoms with van der Waals surface area (Å²) in [7, 11) is 0. The zero-order valence-electron chi connectivity index (χ0n) is 11.0. The van der Waals surface area contributed by atoms with Gasteiger partial charge in [0.15, 0.2) is 0 Å². The molecule has 2 aromatic carbocycles. The molecular weight excluding hydrogens is 270 g/mol. The Morgan fingerprint density at radius 2 is 2.05 bits per heavy atom. The molecule has 1 aliphatic heterocycles. The van der Waals surface area contributed by atoms with Crippen molar-refractivity contribution in [2.75, 3.05) is 0 Å². The lowest BCUT2D eigenvalue weighted by Gasteiger charge is -2.00. The summed E-state index contributed by atoms with van der Waals surface area (Å²) in [4.78, 5) is 27.7. The summed E-state index contributed by atoms with van der Waals surface area (Å²) in [6.45, 7) is 1.93. The molecule has 0 radical (unpaired) electrons. The molecule has 0 aliphatic carbocycles. The van der Waals surface area contributed by atoms with Gasteiger partial charge in [-0.2, -0.15) is 0 Å². The first kappa shape index (κ1) is 11.8. The number of nitrogens with zero attached hydrogens (tertiary/aromatic N) is 3. The topological polar surface area (TPSA) is 78.0 Å². The maximum Gasteiger partial charge on any atom is 0.282 e. The second kappa shape index (κ2) is 3.76. The van der Waals surface area contributed by atoms with Gasteiger partial charge in [0.25, 0.3) is 11.6 Å². The third-order valence-corrected chi connectivity index (χ3v) is 3.71. The molecule has 21 heavy (non-hydrogen) atoms. The van der Waals surface area contributed by atoms with Crippen molar-refractivity contribution in [3.8, 4) is 11.4 Å². The van der Waals surface area contributed by atoms with Gasteiger partial charge in [-0.3, -0.25) is 19.5 Å². The van der Waals surface area contributed by atoms with E-state index in [2.05, 4.69) is 4.98 Å². The van der Waals surface area contributed by atoms with Gasteiger partial charge in [0.1, 0.15) is 11.4 Å². The van der Waals surface area contributed by atoms with Crippen LogP contribution in [-0.2, 0) is 0 Å². The van der Waals surface area contributed by atoms with Gasteiger partial charge in [0, 0.05) is 11.6 Å². The number of rotatable bonds is 1. The number of nitro benzene ring substituents is 1. The van der Waals surface area contributed by atoms with Gasteiger partial charge >= 0.3 is 0 Å². The number of aromatic nitrogens is 2. The molecule has 1 aromatic heterocycles. The van der Waals surface area contributed by atoms with Crippen molar-refractivity contribution in [1.82, 2.24) is 9.55 Å². The fraction of sp³-hybridized carbons (Fsp3) is 0.0667. The lowest BCUT2D eigenvalue weighted by Crippen LogP contribution is -2.08. The number of nitro groups is 1. The minimum Gasteiger partial charge on any atom is -0.268 e. The van der Waals surface area contributed by atoms with Crippen molar-refractivity contribution in [3.05, 3.63) is 57.6 Å². The SMILES string of the molecule is Cc1ccc2nc3n(c2c1)C(=O)c1c-3cccc1[N+](=O)[O-]. The smallest absolute Gasteiger partial charge is 0.268 e. The van der Waals surface area contributed by atoms with E-state index in [4.69, 9.17) is 0 Å². The van der Waals surface area contributed by atoms with Crippen LogP contribution in [0.1, 0.15) is 15.9 Å². The van der Waals surface area contributed by atoms with Crippen LogP contribution in [0.25, 0.3) is 22.4 Å². The summed E-state index contributed by atoms with van der Waals surface area (Å²) in [6, 6.07) is 10.2. The van der Waals surface area contributed by atoms with Crippen LogP contribution in [-0.4, -0.2) is 20.4 Å². The molecule has 0 amide bonds. The number of hydrogen-bond donors (Lipinski definition) is 0. The third kappa shape index (κ3) is 1.41. The standard InChI is InChI=1S/C15H9N3O3/c1-8-5-6-10-12(7-8)17-14(16-10)9-3-2-4-11(18(20)21)13(9)15(17)19/h2-7H,1H3. The second-order valence-corrected chi connectivity index (χ2v) is 5.02. The molecule has 6 heteroatoms. The largest absolute Gasteiger partial charge is 0.282 e. The van der Waals surface area contributed by atoms with Crippen molar-refractivity contribution in [2.24, 2.45) is 0 Å². The minimum atomic E-state index is -0.531. The number of carbonyl (C=O) groups excluding carboxylic acids is 1. The van der Waals surface area contributed by atoms with Crippen LogP contribution < -0.4 is 0 Å². The Morgan fingerprint density at radius 1 is 1.24 bits per heavy atom. The number of carbonyl (C=O) groups is 1. The van der Waals surface area contributed by atoms with Crippen molar-refractivity contribution in [1.29, 1.82) is 0 Å². The van der Waals surface area contributed by atoms with Crippen molar-refractivity contribution in [3.63, 3.8) is 0 Å². The zero-order chi connectivity index (χ0) is 14.7. The highest BCUT2D eigenvalue weighted by Gasteiger charge is 2.36. The molecule has 102 valence electrons. The molecule has 0 fully saturated rings. The summed E-state index contributed by atoms with van der Waals surface area (Å²) in [6.07, 6.45) is 0. The molecule has 1 aliphatic rings. The maximum atomic E-state index is 12.6. The minimum absolute atomic E-state index is 0.119. The van der Waals surface area contributed by atoms with Crippen LogP contribution in [0.2, 0.25) is 0 Å². The first-order chi connectivity index (χ1) is 10.1. The van der Waals surface area contributed by atoms with E-state index >= 15 is 0 Å². The summed E-state index contributed by atoms with van der Waals surface area (Å²) >= 11 is 0. The average molecular weight is 279 g/mol.